The molecule has 5 heteroatoms. The van der Waals surface area contributed by atoms with Gasteiger partial charge >= 0.3 is 5.97 Å². The number of aliphatic hydroxyl groups excluding tert-OH is 3. The topological polar surface area (TPSA) is 98.0 Å². The molecular weight excluding hydrogens is 320 g/mol. The van der Waals surface area contributed by atoms with Gasteiger partial charge in [-0.25, -0.2) is 0 Å². The highest BCUT2D eigenvalue weighted by Crippen LogP contribution is 2.63. The lowest BCUT2D eigenvalue weighted by atomic mass is 9.43. The molecule has 0 radical (unpaired) electrons. The first-order valence-corrected chi connectivity index (χ1v) is 9.15. The van der Waals surface area contributed by atoms with Gasteiger partial charge in [-0.3, -0.25) is 4.79 Å². The summed E-state index contributed by atoms with van der Waals surface area (Å²) < 4.78 is 0. The lowest BCUT2D eigenvalue weighted by molar-refractivity contribution is -0.196. The number of hydrogen-bond acceptors (Lipinski definition) is 4. The Labute approximate surface area is 149 Å². The van der Waals surface area contributed by atoms with E-state index in [0.29, 0.717) is 19.3 Å². The van der Waals surface area contributed by atoms with Crippen LogP contribution in [0, 0.1) is 28.1 Å². The lowest BCUT2D eigenvalue weighted by Gasteiger charge is -2.62. The summed E-state index contributed by atoms with van der Waals surface area (Å²) in [5.41, 5.74) is -1.62. The number of aliphatic hydroxyl groups is 3. The Balaban J connectivity index is 2.15. The van der Waals surface area contributed by atoms with Gasteiger partial charge in [0.05, 0.1) is 23.7 Å². The quantitative estimate of drug-likeness (QED) is 0.572. The summed E-state index contributed by atoms with van der Waals surface area (Å²) in [4.78, 5) is 12.0. The zero-order valence-electron chi connectivity index (χ0n) is 15.3. The molecule has 0 aromatic heterocycles. The monoisotopic (exact) mass is 350 g/mol. The molecule has 0 saturated heterocycles. The third-order valence-electron chi connectivity index (χ3n) is 7.74. The van der Waals surface area contributed by atoms with E-state index in [9.17, 15) is 25.2 Å². The van der Waals surface area contributed by atoms with Crippen LogP contribution in [0.1, 0.15) is 46.5 Å². The molecule has 5 nitrogen and oxygen atoms in total. The summed E-state index contributed by atoms with van der Waals surface area (Å²) in [6, 6.07) is 0. The fraction of sp³-hybridized carbons (Fsp3) is 0.750. The smallest absolute Gasteiger partial charge is 0.309 e. The van der Waals surface area contributed by atoms with E-state index in [-0.39, 0.29) is 5.92 Å². The van der Waals surface area contributed by atoms with E-state index in [1.807, 2.05) is 13.8 Å². The van der Waals surface area contributed by atoms with Gasteiger partial charge in [-0.2, -0.15) is 0 Å². The zero-order chi connectivity index (χ0) is 18.8. The Morgan fingerprint density at radius 1 is 1.20 bits per heavy atom. The molecule has 3 aliphatic carbocycles. The Hall–Kier alpha value is -1.17. The second kappa shape index (κ2) is 5.66. The summed E-state index contributed by atoms with van der Waals surface area (Å²) in [6.07, 6.45) is 3.11. The second-order valence-electron chi connectivity index (χ2n) is 8.98. The first kappa shape index (κ1) is 18.6. The van der Waals surface area contributed by atoms with Crippen molar-refractivity contribution >= 4 is 5.97 Å². The minimum Gasteiger partial charge on any atom is -0.481 e. The Kier molecular flexibility index (Phi) is 4.22. The van der Waals surface area contributed by atoms with Crippen molar-refractivity contribution in [2.75, 3.05) is 0 Å². The Morgan fingerprint density at radius 3 is 2.40 bits per heavy atom. The maximum absolute atomic E-state index is 12.0. The SMILES string of the molecule is C=C[C@@]1(C)CC[C@@H]2C(=C[C@H](O)[C@H]3[C@@]2(C)[C@H](O)CC[C@@]3(C)C(=O)O)[C@H]1O. The van der Waals surface area contributed by atoms with Crippen molar-refractivity contribution in [2.24, 2.45) is 28.1 Å². The van der Waals surface area contributed by atoms with Crippen molar-refractivity contribution in [1.82, 2.24) is 0 Å². The maximum atomic E-state index is 12.0. The van der Waals surface area contributed by atoms with Crippen LogP contribution in [0.2, 0.25) is 0 Å². The third kappa shape index (κ3) is 2.29. The van der Waals surface area contributed by atoms with Crippen molar-refractivity contribution in [3.63, 3.8) is 0 Å². The lowest BCUT2D eigenvalue weighted by Crippen LogP contribution is -2.64. The van der Waals surface area contributed by atoms with E-state index in [4.69, 9.17) is 0 Å². The van der Waals surface area contributed by atoms with E-state index in [0.717, 1.165) is 12.0 Å². The summed E-state index contributed by atoms with van der Waals surface area (Å²) in [7, 11) is 0. The minimum atomic E-state index is -1.10. The average molecular weight is 350 g/mol. The van der Waals surface area contributed by atoms with Gasteiger partial charge in [0, 0.05) is 16.7 Å². The fourth-order valence-corrected chi connectivity index (χ4v) is 5.95. The van der Waals surface area contributed by atoms with E-state index < -0.39 is 46.4 Å². The normalized spacial score (nSPS) is 52.6. The molecule has 0 bridgehead atoms. The van der Waals surface area contributed by atoms with Crippen LogP contribution < -0.4 is 0 Å². The Bertz CT molecular complexity index is 628. The van der Waals surface area contributed by atoms with Gasteiger partial charge in [0.25, 0.3) is 0 Å². The minimum absolute atomic E-state index is 0.141. The van der Waals surface area contributed by atoms with E-state index >= 15 is 0 Å². The van der Waals surface area contributed by atoms with Crippen molar-refractivity contribution < 1.29 is 25.2 Å². The molecule has 0 heterocycles. The van der Waals surface area contributed by atoms with Crippen molar-refractivity contribution in [1.29, 1.82) is 0 Å². The van der Waals surface area contributed by atoms with E-state index in [2.05, 4.69) is 6.58 Å². The van der Waals surface area contributed by atoms with Gasteiger partial charge in [0.15, 0.2) is 0 Å². The molecule has 0 aliphatic heterocycles. The first-order chi connectivity index (χ1) is 11.5. The first-order valence-electron chi connectivity index (χ1n) is 9.15. The van der Waals surface area contributed by atoms with Gasteiger partial charge in [-0.15, -0.1) is 6.58 Å². The molecule has 2 fully saturated rings. The van der Waals surface area contributed by atoms with E-state index in [1.54, 1.807) is 19.1 Å². The third-order valence-corrected chi connectivity index (χ3v) is 7.74. The fourth-order valence-electron chi connectivity index (χ4n) is 5.95. The molecule has 0 spiro atoms. The molecule has 3 rings (SSSR count). The Morgan fingerprint density at radius 2 is 1.84 bits per heavy atom. The molecule has 0 unspecified atom stereocenters. The van der Waals surface area contributed by atoms with Crippen molar-refractivity contribution in [2.45, 2.75) is 64.8 Å². The molecule has 3 aliphatic rings. The van der Waals surface area contributed by atoms with Crippen molar-refractivity contribution in [3.8, 4) is 0 Å². The molecule has 0 aromatic rings. The predicted molar refractivity (Wildman–Crippen MR) is 93.7 cm³/mol. The van der Waals surface area contributed by atoms with Crippen LogP contribution in [0.15, 0.2) is 24.3 Å². The number of rotatable bonds is 2. The van der Waals surface area contributed by atoms with E-state index in [1.165, 1.54) is 0 Å². The molecule has 8 atom stereocenters. The molecule has 140 valence electrons. The molecule has 0 aromatic carbocycles. The van der Waals surface area contributed by atoms with Gasteiger partial charge in [0.1, 0.15) is 0 Å². The number of aliphatic carboxylic acids is 1. The highest BCUT2D eigenvalue weighted by molar-refractivity contribution is 5.75. The van der Waals surface area contributed by atoms with Crippen molar-refractivity contribution in [3.05, 3.63) is 24.3 Å². The van der Waals surface area contributed by atoms with Gasteiger partial charge in [-0.05, 0) is 44.1 Å². The number of hydrogen-bond donors (Lipinski definition) is 4. The maximum Gasteiger partial charge on any atom is 0.309 e. The molecule has 0 amide bonds. The molecule has 4 N–H and O–H groups in total. The van der Waals surface area contributed by atoms with Gasteiger partial charge < -0.3 is 20.4 Å². The predicted octanol–water partition coefficient (Wildman–Crippen LogP) is 2.12. The van der Waals surface area contributed by atoms with Crippen LogP contribution in [-0.4, -0.2) is 44.7 Å². The number of carboxylic acids is 1. The summed E-state index contributed by atoms with van der Waals surface area (Å²) in [5.74, 6) is -1.66. The van der Waals surface area contributed by atoms with Crippen LogP contribution in [-0.2, 0) is 4.79 Å². The van der Waals surface area contributed by atoms with Crippen LogP contribution in [0.3, 0.4) is 0 Å². The summed E-state index contributed by atoms with van der Waals surface area (Å²) >= 11 is 0. The second-order valence-corrected chi connectivity index (χ2v) is 8.98. The zero-order valence-corrected chi connectivity index (χ0v) is 15.3. The highest BCUT2D eigenvalue weighted by atomic mass is 16.4. The number of carbonyl (C=O) groups is 1. The molecule has 2 saturated carbocycles. The standard InChI is InChI=1S/C20H30O5/c1-5-18(2)8-6-12-11(16(18)23)10-13(21)15-19(3,17(24)25)9-7-14(22)20(12,15)4/h5,10,12-16,21-23H,1,6-9H2,2-4H3,(H,24,25)/t12-,13+,14-,15-,16-,18+,19-,20-/m1/s1. The summed E-state index contributed by atoms with van der Waals surface area (Å²) in [5, 5.41) is 42.5. The van der Waals surface area contributed by atoms with Crippen LogP contribution in [0.4, 0.5) is 0 Å². The molecular formula is C20H30O5. The van der Waals surface area contributed by atoms with Crippen LogP contribution in [0.25, 0.3) is 0 Å². The largest absolute Gasteiger partial charge is 0.481 e. The van der Waals surface area contributed by atoms with Crippen LogP contribution >= 0.6 is 0 Å². The number of fused-ring (bicyclic) bond motifs is 3. The van der Waals surface area contributed by atoms with Gasteiger partial charge in [-0.1, -0.05) is 26.0 Å². The van der Waals surface area contributed by atoms with Crippen LogP contribution in [0.5, 0.6) is 0 Å². The van der Waals surface area contributed by atoms with Gasteiger partial charge in [0.2, 0.25) is 0 Å². The molecule has 25 heavy (non-hydrogen) atoms. The highest BCUT2D eigenvalue weighted by Gasteiger charge is 2.65. The number of carboxylic acid groups (broad SMARTS) is 1. The average Bonchev–Trinajstić information content (AvgIpc) is 2.55. The summed E-state index contributed by atoms with van der Waals surface area (Å²) in [6.45, 7) is 9.37.